The monoisotopic (exact) mass is 488 g/mol. The number of hydrogen-bond acceptors (Lipinski definition) is 5. The summed E-state index contributed by atoms with van der Waals surface area (Å²) in [5.41, 5.74) is 4.61. The van der Waals surface area contributed by atoms with Gasteiger partial charge in [-0.25, -0.2) is 0 Å². The van der Waals surface area contributed by atoms with E-state index < -0.39 is 0 Å². The number of nitrogens with zero attached hydrogens (tertiary/aromatic N) is 4. The number of aromatic nitrogens is 2. The first-order valence-corrected chi connectivity index (χ1v) is 13.2. The van der Waals surface area contributed by atoms with Crippen LogP contribution in [0.2, 0.25) is 0 Å². The van der Waals surface area contributed by atoms with Crippen molar-refractivity contribution in [2.24, 2.45) is 13.0 Å². The fourth-order valence-corrected chi connectivity index (χ4v) is 7.06. The summed E-state index contributed by atoms with van der Waals surface area (Å²) in [6, 6.07) is 10.2. The number of fused-ring (bicyclic) bond motifs is 4. The third kappa shape index (κ3) is 3.71. The first kappa shape index (κ1) is 23.5. The molecule has 190 valence electrons. The van der Waals surface area contributed by atoms with Crippen LogP contribution in [0, 0.1) is 5.92 Å². The molecule has 1 atom stereocenters. The average molecular weight is 489 g/mol. The maximum absolute atomic E-state index is 13.4. The predicted octanol–water partition coefficient (Wildman–Crippen LogP) is 3.79. The molecule has 0 bridgehead atoms. The van der Waals surface area contributed by atoms with Gasteiger partial charge in [-0.1, -0.05) is 19.3 Å². The van der Waals surface area contributed by atoms with Crippen LogP contribution in [-0.4, -0.2) is 63.7 Å². The number of aliphatic hydroxyl groups excluding tert-OH is 1. The van der Waals surface area contributed by atoms with Gasteiger partial charge in [0, 0.05) is 74.1 Å². The number of benzene rings is 1. The molecule has 36 heavy (non-hydrogen) atoms. The van der Waals surface area contributed by atoms with Crippen LogP contribution in [0.15, 0.2) is 42.7 Å². The minimum atomic E-state index is -0.146. The highest BCUT2D eigenvalue weighted by Crippen LogP contribution is 2.50. The number of rotatable bonds is 5. The number of carbonyl (C=O) groups is 1. The average Bonchev–Trinajstić information content (AvgIpc) is 3.19. The molecule has 1 aromatic carbocycles. The van der Waals surface area contributed by atoms with Crippen molar-refractivity contribution in [3.8, 4) is 5.75 Å². The second-order valence-electron chi connectivity index (χ2n) is 11.0. The van der Waals surface area contributed by atoms with Crippen LogP contribution in [0.3, 0.4) is 0 Å². The third-order valence-corrected chi connectivity index (χ3v) is 8.81. The van der Waals surface area contributed by atoms with Gasteiger partial charge < -0.3 is 19.3 Å². The largest absolute Gasteiger partial charge is 0.497 e. The quantitative estimate of drug-likeness (QED) is 0.592. The number of likely N-dealkylation sites (tertiary alicyclic amines) is 1. The van der Waals surface area contributed by atoms with Crippen molar-refractivity contribution in [3.63, 3.8) is 0 Å². The standard InChI is InChI=1S/C29H36N4O3/c1-31-24-14-22(36-2)8-9-23(24)26-27(31)25(16-34)32(15-20-10-12-30-13-11-20)17-29(26)18-33(19-29)28(35)21-6-4-3-5-7-21/h8-14,21,25,34H,3-7,15-19H2,1-2H3/t25-/m0/s1. The molecule has 1 N–H and O–H groups in total. The van der Waals surface area contributed by atoms with Gasteiger partial charge in [-0.15, -0.1) is 0 Å². The zero-order valence-corrected chi connectivity index (χ0v) is 21.3. The lowest BCUT2D eigenvalue weighted by Crippen LogP contribution is -2.68. The predicted molar refractivity (Wildman–Crippen MR) is 139 cm³/mol. The molecule has 0 radical (unpaired) electrons. The molecular formula is C29H36N4O3. The summed E-state index contributed by atoms with van der Waals surface area (Å²) in [5.74, 6) is 1.36. The molecule has 1 saturated carbocycles. The molecular weight excluding hydrogens is 452 g/mol. The van der Waals surface area contributed by atoms with Gasteiger partial charge in [-0.05, 0) is 48.2 Å². The Morgan fingerprint density at radius 3 is 2.56 bits per heavy atom. The molecule has 1 saturated heterocycles. The number of aliphatic hydroxyl groups is 1. The summed E-state index contributed by atoms with van der Waals surface area (Å²) >= 11 is 0. The Bertz CT molecular complexity index is 1260. The van der Waals surface area contributed by atoms with E-state index in [0.29, 0.717) is 5.91 Å². The van der Waals surface area contributed by atoms with Crippen molar-refractivity contribution < 1.29 is 14.6 Å². The number of carbonyl (C=O) groups excluding carboxylic acids is 1. The Kier molecular flexibility index (Phi) is 6.00. The molecule has 1 amide bonds. The van der Waals surface area contributed by atoms with Crippen LogP contribution < -0.4 is 4.74 Å². The van der Waals surface area contributed by atoms with Gasteiger partial charge in [-0.2, -0.15) is 0 Å². The topological polar surface area (TPSA) is 70.8 Å². The van der Waals surface area contributed by atoms with E-state index in [9.17, 15) is 9.90 Å². The smallest absolute Gasteiger partial charge is 0.225 e. The van der Waals surface area contributed by atoms with Gasteiger partial charge in [0.05, 0.1) is 25.3 Å². The van der Waals surface area contributed by atoms with Gasteiger partial charge in [-0.3, -0.25) is 14.7 Å². The zero-order chi connectivity index (χ0) is 24.9. The molecule has 1 spiro atoms. The van der Waals surface area contributed by atoms with Crippen LogP contribution in [0.1, 0.15) is 55.0 Å². The first-order valence-electron chi connectivity index (χ1n) is 13.2. The molecule has 4 heterocycles. The lowest BCUT2D eigenvalue weighted by Gasteiger charge is -2.57. The number of hydrogen-bond donors (Lipinski definition) is 1. The van der Waals surface area contributed by atoms with E-state index >= 15 is 0 Å². The molecule has 2 fully saturated rings. The van der Waals surface area contributed by atoms with Crippen molar-refractivity contribution in [1.82, 2.24) is 19.4 Å². The fraction of sp³-hybridized carbons (Fsp3) is 0.517. The van der Waals surface area contributed by atoms with Crippen molar-refractivity contribution in [3.05, 3.63) is 59.5 Å². The third-order valence-electron chi connectivity index (χ3n) is 8.81. The molecule has 2 aromatic heterocycles. The summed E-state index contributed by atoms with van der Waals surface area (Å²) in [4.78, 5) is 22.1. The molecule has 3 aliphatic rings. The van der Waals surface area contributed by atoms with Gasteiger partial charge in [0.15, 0.2) is 0 Å². The number of ether oxygens (including phenoxy) is 1. The van der Waals surface area contributed by atoms with E-state index in [0.717, 1.165) is 56.0 Å². The van der Waals surface area contributed by atoms with E-state index in [1.54, 1.807) is 7.11 Å². The first-order chi connectivity index (χ1) is 17.5. The summed E-state index contributed by atoms with van der Waals surface area (Å²) in [7, 11) is 3.79. The van der Waals surface area contributed by atoms with Gasteiger partial charge >= 0.3 is 0 Å². The van der Waals surface area contributed by atoms with Crippen molar-refractivity contribution >= 4 is 16.8 Å². The second-order valence-corrected chi connectivity index (χ2v) is 11.0. The summed E-state index contributed by atoms with van der Waals surface area (Å²) in [6.07, 6.45) is 9.30. The highest BCUT2D eigenvalue weighted by molar-refractivity contribution is 5.90. The van der Waals surface area contributed by atoms with Crippen LogP contribution in [0.25, 0.3) is 10.9 Å². The summed E-state index contributed by atoms with van der Waals surface area (Å²) in [5, 5.41) is 11.9. The Balaban J connectivity index is 1.41. The maximum Gasteiger partial charge on any atom is 0.225 e. The summed E-state index contributed by atoms with van der Waals surface area (Å²) in [6.45, 7) is 3.07. The second kappa shape index (κ2) is 9.20. The van der Waals surface area contributed by atoms with Crippen molar-refractivity contribution in [2.75, 3.05) is 33.4 Å². The maximum atomic E-state index is 13.4. The molecule has 6 rings (SSSR count). The molecule has 0 unspecified atom stereocenters. The number of methoxy groups -OCH3 is 1. The van der Waals surface area contributed by atoms with Gasteiger partial charge in [0.2, 0.25) is 5.91 Å². The minimum Gasteiger partial charge on any atom is -0.497 e. The van der Waals surface area contributed by atoms with E-state index in [1.165, 1.54) is 35.8 Å². The van der Waals surface area contributed by atoms with Crippen LogP contribution in [0.4, 0.5) is 0 Å². The zero-order valence-electron chi connectivity index (χ0n) is 21.3. The fourth-order valence-electron chi connectivity index (χ4n) is 7.06. The molecule has 3 aromatic rings. The highest BCUT2D eigenvalue weighted by Gasteiger charge is 2.55. The van der Waals surface area contributed by atoms with E-state index in [2.05, 4.69) is 38.5 Å². The van der Waals surface area contributed by atoms with E-state index in [-0.39, 0.29) is 24.0 Å². The summed E-state index contributed by atoms with van der Waals surface area (Å²) < 4.78 is 7.77. The van der Waals surface area contributed by atoms with Crippen molar-refractivity contribution in [2.45, 2.75) is 50.1 Å². The Morgan fingerprint density at radius 2 is 1.86 bits per heavy atom. The SMILES string of the molecule is COc1ccc2c3c(n(C)c2c1)[C@H](CO)N(Cc1ccncc1)CC31CN(C(=O)C2CCCCC2)C1. The molecule has 2 aliphatic heterocycles. The van der Waals surface area contributed by atoms with Crippen LogP contribution in [-0.2, 0) is 23.8 Å². The Morgan fingerprint density at radius 1 is 1.11 bits per heavy atom. The molecule has 7 heteroatoms. The number of amides is 1. The van der Waals surface area contributed by atoms with Crippen LogP contribution in [0.5, 0.6) is 5.75 Å². The Hall–Kier alpha value is -2.90. The molecule has 7 nitrogen and oxygen atoms in total. The van der Waals surface area contributed by atoms with E-state index in [4.69, 9.17) is 4.74 Å². The van der Waals surface area contributed by atoms with Gasteiger partial charge in [0.1, 0.15) is 5.75 Å². The lowest BCUT2D eigenvalue weighted by molar-refractivity contribution is -0.146. The number of aryl methyl sites for hydroxylation is 1. The molecule has 1 aliphatic carbocycles. The normalized spacial score (nSPS) is 22.0. The number of pyridine rings is 1. The lowest BCUT2D eigenvalue weighted by atomic mass is 9.68. The van der Waals surface area contributed by atoms with Crippen LogP contribution >= 0.6 is 0 Å². The van der Waals surface area contributed by atoms with E-state index in [1.807, 2.05) is 30.6 Å². The highest BCUT2D eigenvalue weighted by atomic mass is 16.5. The van der Waals surface area contributed by atoms with Gasteiger partial charge in [0.25, 0.3) is 0 Å². The minimum absolute atomic E-state index is 0.0418. The van der Waals surface area contributed by atoms with Crippen molar-refractivity contribution in [1.29, 1.82) is 0 Å². The Labute approximate surface area is 212 Å².